The van der Waals surface area contributed by atoms with Gasteiger partial charge in [-0.05, 0) is 150 Å². The molecular formula is C85H52BN3O. The van der Waals surface area contributed by atoms with Gasteiger partial charge in [-0.25, -0.2) is 0 Å². The largest absolute Gasteiger partial charge is 0.456 e. The Morgan fingerprint density at radius 2 is 0.789 bits per heavy atom. The lowest BCUT2D eigenvalue weighted by atomic mass is 9.33. The molecule has 416 valence electrons. The van der Waals surface area contributed by atoms with Crippen LogP contribution in [0.4, 0.5) is 34.1 Å². The molecule has 2 aliphatic heterocycles. The summed E-state index contributed by atoms with van der Waals surface area (Å²) in [4.78, 5) is 4.76. The molecule has 1 spiro atoms. The zero-order valence-corrected chi connectivity index (χ0v) is 48.2. The van der Waals surface area contributed by atoms with Gasteiger partial charge >= 0.3 is 0 Å². The minimum absolute atomic E-state index is 0.000667. The third kappa shape index (κ3) is 6.70. The summed E-state index contributed by atoms with van der Waals surface area (Å²) in [5.41, 5.74) is 24.8. The summed E-state index contributed by atoms with van der Waals surface area (Å²) in [5.74, 6) is 0. The van der Waals surface area contributed by atoms with Crippen molar-refractivity contribution in [2.24, 2.45) is 0 Å². The van der Waals surface area contributed by atoms with E-state index in [1.807, 2.05) is 30.3 Å². The minimum Gasteiger partial charge on any atom is -0.456 e. The molecule has 20 rings (SSSR count). The van der Waals surface area contributed by atoms with Crippen LogP contribution in [0.25, 0.3) is 105 Å². The highest BCUT2D eigenvalue weighted by molar-refractivity contribution is 7.00. The number of nitrogens with zero attached hydrogens (tertiary/aromatic N) is 3. The molecule has 0 N–H and O–H groups in total. The average molecular weight is 1150 g/mol. The predicted octanol–water partition coefficient (Wildman–Crippen LogP) is 20.1. The van der Waals surface area contributed by atoms with Gasteiger partial charge in [-0.1, -0.05) is 249 Å². The molecule has 16 aromatic rings. The molecule has 2 aromatic heterocycles. The minimum atomic E-state index is -0.705. The van der Waals surface area contributed by atoms with Crippen LogP contribution in [0.3, 0.4) is 0 Å². The molecule has 14 aromatic carbocycles. The van der Waals surface area contributed by atoms with Gasteiger partial charge in [-0.3, -0.25) is 0 Å². The third-order valence-corrected chi connectivity index (χ3v) is 19.6. The Balaban J connectivity index is 0.981. The second kappa shape index (κ2) is 18.7. The van der Waals surface area contributed by atoms with E-state index in [4.69, 9.17) is 7.16 Å². The van der Waals surface area contributed by atoms with Crippen LogP contribution in [0.1, 0.15) is 33.2 Å². The molecule has 0 atom stereocenters. The molecule has 0 saturated carbocycles. The highest BCUT2D eigenvalue weighted by Gasteiger charge is 2.54. The van der Waals surface area contributed by atoms with Crippen LogP contribution in [0.2, 0.25) is 0 Å². The second-order valence-corrected chi connectivity index (χ2v) is 24.0. The molecule has 4 nitrogen and oxygen atoms in total. The van der Waals surface area contributed by atoms with E-state index in [2.05, 4.69) is 246 Å². The first-order valence-electron chi connectivity index (χ1n) is 34.6. The van der Waals surface area contributed by atoms with Crippen molar-refractivity contribution in [1.29, 1.82) is 0 Å². The summed E-state index contributed by atoms with van der Waals surface area (Å²) in [6.07, 6.45) is 0. The van der Waals surface area contributed by atoms with Crippen LogP contribution in [0.5, 0.6) is 0 Å². The van der Waals surface area contributed by atoms with Gasteiger partial charge in [0.25, 0.3) is 6.71 Å². The van der Waals surface area contributed by atoms with Gasteiger partial charge in [0.2, 0.25) is 0 Å². The predicted molar refractivity (Wildman–Crippen MR) is 375 cm³/mol. The third-order valence-electron chi connectivity index (χ3n) is 19.6. The lowest BCUT2D eigenvalue weighted by Crippen LogP contribution is -2.61. The summed E-state index contributed by atoms with van der Waals surface area (Å²) < 4.78 is 84.2. The number of furan rings is 1. The number of hydrogen-bond acceptors (Lipinski definition) is 3. The van der Waals surface area contributed by atoms with Crippen LogP contribution < -0.4 is 26.2 Å². The molecule has 4 aliphatic rings. The van der Waals surface area contributed by atoms with Crippen molar-refractivity contribution in [3.8, 4) is 61.3 Å². The second-order valence-electron chi connectivity index (χ2n) is 24.0. The van der Waals surface area contributed by atoms with Crippen LogP contribution in [0.15, 0.2) is 320 Å². The molecule has 0 amide bonds. The number of para-hydroxylation sites is 5. The number of aromatic nitrogens is 1. The zero-order chi connectivity index (χ0) is 65.7. The topological polar surface area (TPSA) is 24.6 Å². The molecule has 0 unspecified atom stereocenters. The van der Waals surface area contributed by atoms with Gasteiger partial charge < -0.3 is 18.8 Å². The molecule has 0 radical (unpaired) electrons. The Morgan fingerprint density at radius 1 is 0.311 bits per heavy atom. The van der Waals surface area contributed by atoms with Crippen LogP contribution in [0, 0.1) is 0 Å². The van der Waals surface area contributed by atoms with E-state index >= 15 is 0 Å². The Bertz CT molecular complexity index is 6100. The Hall–Kier alpha value is -11.7. The fourth-order valence-electron chi connectivity index (χ4n) is 16.0. The first-order valence-corrected chi connectivity index (χ1v) is 30.6. The molecule has 0 saturated heterocycles. The molecule has 4 heterocycles. The molecule has 2 aliphatic carbocycles. The lowest BCUT2D eigenvalue weighted by Gasteiger charge is -2.45. The van der Waals surface area contributed by atoms with E-state index in [-0.39, 0.29) is 33.9 Å². The molecule has 5 heteroatoms. The SMILES string of the molecule is [2H]c1c([2H])c([2H])c2c(c1[2H])c1c([2H])c([2H])c([2H])c([2H])c1n2-c1cc2c3c(c1)N(c1ccccc1-c1ccccc1)c1cc4c(cc1B3c1ccc(-c3ccc5oc6ccccc6c5c3)cc1N2c1ccccc1-c1ccccc1)C1(c2ccccc2-c2ccccc21)c1ccccc1-4. The van der Waals surface area contributed by atoms with Crippen LogP contribution >= 0.6 is 0 Å². The average Bonchev–Trinajstić information content (AvgIpc) is 1.50. The number of rotatable bonds is 6. The zero-order valence-electron chi connectivity index (χ0n) is 56.2. The van der Waals surface area contributed by atoms with Gasteiger partial charge in [-0.15, -0.1) is 0 Å². The van der Waals surface area contributed by atoms with E-state index in [1.54, 1.807) is 4.57 Å². The van der Waals surface area contributed by atoms with E-state index < -0.39 is 48.4 Å². The summed E-state index contributed by atoms with van der Waals surface area (Å²) in [6.45, 7) is -0.487. The van der Waals surface area contributed by atoms with Crippen LogP contribution in [-0.4, -0.2) is 11.3 Å². The van der Waals surface area contributed by atoms with Crippen LogP contribution in [-0.2, 0) is 5.41 Å². The number of benzene rings is 14. The standard InChI is InChI=1S/C85H52BN3O/c1-3-23-53(24-4-1)58-27-10-18-38-74(58)88-78-48-56(55-44-46-83-67(47-55)65-34-14-22-42-82(65)90-83)43-45-72(78)86-73-52-71-66(62-31-9-17-37-70(62)85(71)68-35-15-7-29-60(68)61-30-8-16-36-69(61)85)51-79(73)89(75-39-19-11-28-59(75)54-25-5-2-6-26-54)81-50-57(49-80(88)84(81)86)87-76-40-20-12-32-63(76)64-33-13-21-41-77(64)87/h1-52H/i12D,13D,20D,21D,32D,33D,40D,41D. The van der Waals surface area contributed by atoms with Crippen molar-refractivity contribution in [3.05, 3.63) is 338 Å². The van der Waals surface area contributed by atoms with Crippen molar-refractivity contribution in [2.45, 2.75) is 5.41 Å². The highest BCUT2D eigenvalue weighted by Crippen LogP contribution is 2.64. The molecule has 0 fully saturated rings. The van der Waals surface area contributed by atoms with Gasteiger partial charge in [0.05, 0.1) is 44.5 Å². The van der Waals surface area contributed by atoms with Gasteiger partial charge in [0.1, 0.15) is 11.2 Å². The van der Waals surface area contributed by atoms with E-state index in [9.17, 15) is 8.22 Å². The van der Waals surface area contributed by atoms with E-state index in [0.29, 0.717) is 5.69 Å². The number of fused-ring (bicyclic) bond motifs is 20. The quantitative estimate of drug-likeness (QED) is 0.155. The molecular weight excluding hydrogens is 1090 g/mol. The monoisotopic (exact) mass is 1150 g/mol. The van der Waals surface area contributed by atoms with Crippen molar-refractivity contribution in [3.63, 3.8) is 0 Å². The fraction of sp³-hybridized carbons (Fsp3) is 0.0118. The lowest BCUT2D eigenvalue weighted by molar-refractivity contribution is 0.669. The van der Waals surface area contributed by atoms with Gasteiger partial charge in [0, 0.05) is 55.4 Å². The maximum absolute atomic E-state index is 9.94. The Kier molecular flexibility index (Phi) is 8.77. The van der Waals surface area contributed by atoms with Crippen molar-refractivity contribution in [1.82, 2.24) is 4.57 Å². The Labute approximate surface area is 532 Å². The fourth-order valence-corrected chi connectivity index (χ4v) is 16.0. The van der Waals surface area contributed by atoms with E-state index in [0.717, 1.165) is 117 Å². The molecule has 90 heavy (non-hydrogen) atoms. The summed E-state index contributed by atoms with van der Waals surface area (Å²) in [7, 11) is 0. The smallest absolute Gasteiger partial charge is 0.252 e. The van der Waals surface area contributed by atoms with E-state index in [1.165, 1.54) is 33.4 Å². The summed E-state index contributed by atoms with van der Waals surface area (Å²) >= 11 is 0. The highest BCUT2D eigenvalue weighted by atomic mass is 16.3. The molecule has 0 bridgehead atoms. The number of hydrogen-bond donors (Lipinski definition) is 0. The Morgan fingerprint density at radius 3 is 1.40 bits per heavy atom. The van der Waals surface area contributed by atoms with Gasteiger partial charge in [0.15, 0.2) is 0 Å². The van der Waals surface area contributed by atoms with Crippen molar-refractivity contribution >= 4 is 101 Å². The normalized spacial score (nSPS) is 14.8. The first kappa shape index (κ1) is 42.2. The maximum Gasteiger partial charge on any atom is 0.252 e. The maximum atomic E-state index is 9.94. The van der Waals surface area contributed by atoms with Crippen molar-refractivity contribution in [2.75, 3.05) is 9.80 Å². The number of anilines is 6. The summed E-state index contributed by atoms with van der Waals surface area (Å²) in [5, 5.41) is 2.02. The first-order chi connectivity index (χ1) is 48.0. The summed E-state index contributed by atoms with van der Waals surface area (Å²) in [6, 6.07) is 91.5. The van der Waals surface area contributed by atoms with Gasteiger partial charge in [-0.2, -0.15) is 0 Å². The van der Waals surface area contributed by atoms with Crippen molar-refractivity contribution < 1.29 is 15.4 Å².